The zero-order valence-electron chi connectivity index (χ0n) is 11.3. The second-order valence-electron chi connectivity index (χ2n) is 3.59. The number of nitrogens with two attached hydrogens (primary N) is 1. The van der Waals surface area contributed by atoms with E-state index in [-0.39, 0.29) is 0 Å². The van der Waals surface area contributed by atoms with Crippen LogP contribution in [0.15, 0.2) is 0 Å². The van der Waals surface area contributed by atoms with Crippen LogP contribution in [0, 0.1) is 0 Å². The summed E-state index contributed by atoms with van der Waals surface area (Å²) in [5, 5.41) is 3.24. The molecule has 0 aromatic carbocycles. The molecule has 0 radical (unpaired) electrons. The molecule has 16 heavy (non-hydrogen) atoms. The maximum Gasteiger partial charge on any atom is 0.334 e. The van der Waals surface area contributed by atoms with Gasteiger partial charge >= 0.3 is 8.56 Å². The molecule has 0 amide bonds. The Labute approximate surface area is 104 Å². The largest absolute Gasteiger partial charge is 0.431 e. The predicted octanol–water partition coefficient (Wildman–Crippen LogP) is -0.797. The zero-order chi connectivity index (χ0) is 12.9. The minimum absolute atomic E-state index is 0.698. The normalized spacial score (nSPS) is 11.1. The van der Waals surface area contributed by atoms with Gasteiger partial charge in [0.1, 0.15) is 10.5 Å². The highest BCUT2D eigenvalue weighted by Gasteiger charge is 2.27. The molecular formula is C9H28N2O3Si2. The first kappa shape index (κ1) is 18.6. The summed E-state index contributed by atoms with van der Waals surface area (Å²) >= 11 is 0. The highest BCUT2D eigenvalue weighted by molar-refractivity contribution is 6.65. The fraction of sp³-hybridized carbons (Fsp3) is 1.00. The molecule has 0 saturated heterocycles. The van der Waals surface area contributed by atoms with E-state index >= 15 is 0 Å². The third-order valence-corrected chi connectivity index (χ3v) is 5.16. The minimum Gasteiger partial charge on any atom is -0.431 e. The van der Waals surface area contributed by atoms with Crippen molar-refractivity contribution in [3.8, 4) is 0 Å². The maximum atomic E-state index is 5.36. The predicted molar refractivity (Wildman–Crippen MR) is 73.9 cm³/mol. The summed E-state index contributed by atoms with van der Waals surface area (Å²) in [4.78, 5) is 0. The fourth-order valence-electron chi connectivity index (χ4n) is 1.05. The van der Waals surface area contributed by atoms with E-state index in [9.17, 15) is 0 Å². The van der Waals surface area contributed by atoms with Crippen LogP contribution < -0.4 is 11.1 Å². The molecule has 100 valence electrons. The van der Waals surface area contributed by atoms with E-state index in [0.29, 0.717) is 6.54 Å². The van der Waals surface area contributed by atoms with Crippen molar-refractivity contribution in [3.63, 3.8) is 0 Å². The minimum atomic E-state index is -1.83. The van der Waals surface area contributed by atoms with Gasteiger partial charge in [0.25, 0.3) is 0 Å². The Morgan fingerprint density at radius 3 is 2.06 bits per heavy atom. The van der Waals surface area contributed by atoms with Crippen LogP contribution in [-0.4, -0.2) is 60.0 Å². The van der Waals surface area contributed by atoms with Crippen molar-refractivity contribution in [1.82, 2.24) is 5.32 Å². The molecule has 0 aliphatic carbocycles. The van der Waals surface area contributed by atoms with Crippen molar-refractivity contribution in [2.75, 3.05) is 41.0 Å². The second-order valence-corrected chi connectivity index (χ2v) is 7.99. The van der Waals surface area contributed by atoms with Crippen molar-refractivity contribution in [2.24, 2.45) is 5.73 Å². The molecule has 0 unspecified atom stereocenters. The van der Waals surface area contributed by atoms with Gasteiger partial charge in [-0.2, -0.15) is 0 Å². The average Bonchev–Trinajstić information content (AvgIpc) is 2.29. The average molecular weight is 269 g/mol. The summed E-state index contributed by atoms with van der Waals surface area (Å²) in [5.41, 5.74) is 5.35. The number of rotatable bonds is 8. The van der Waals surface area contributed by atoms with Crippen molar-refractivity contribution >= 4 is 19.0 Å². The van der Waals surface area contributed by atoms with Crippen LogP contribution in [0.3, 0.4) is 0 Å². The lowest BCUT2D eigenvalue weighted by Crippen LogP contribution is -2.37. The summed E-state index contributed by atoms with van der Waals surface area (Å²) < 4.78 is 15.1. The van der Waals surface area contributed by atoms with Crippen LogP contribution in [-0.2, 0) is 13.3 Å². The van der Waals surface area contributed by atoms with Crippen LogP contribution in [0.2, 0.25) is 12.6 Å². The van der Waals surface area contributed by atoms with Gasteiger partial charge in [-0.1, -0.05) is 0 Å². The lowest BCUT2D eigenvalue weighted by molar-refractivity contribution is 0.248. The van der Waals surface area contributed by atoms with Crippen molar-refractivity contribution in [3.05, 3.63) is 0 Å². The summed E-state index contributed by atoms with van der Waals surface area (Å²) in [6.07, 6.45) is 1.09. The van der Waals surface area contributed by atoms with E-state index in [1.165, 1.54) is 0 Å². The van der Waals surface area contributed by atoms with Crippen LogP contribution in [0.5, 0.6) is 0 Å². The number of nitrogens with one attached hydrogen (secondary N) is 1. The second kappa shape index (κ2) is 13.3. The summed E-state index contributed by atoms with van der Waals surface area (Å²) in [5.74, 6) is 0. The van der Waals surface area contributed by atoms with Gasteiger partial charge in [0.15, 0.2) is 0 Å². The molecule has 0 saturated carbocycles. The molecule has 3 N–H and O–H groups in total. The molecule has 0 aliphatic rings. The molecule has 0 aromatic rings. The molecule has 0 rings (SSSR count). The summed E-state index contributed by atoms with van der Waals surface area (Å²) in [6, 6.07) is 1.03. The van der Waals surface area contributed by atoms with E-state index < -0.39 is 8.56 Å². The van der Waals surface area contributed by atoms with Crippen LogP contribution in [0.25, 0.3) is 0 Å². The standard InChI is InChI=1S/C8H22N2O2Si.CH6OSi/c1-11-13(3,12-2)8-4-6-10-7-5-9;1-2-3/h10H,4-9H2,1-3H3;1,3H3. The van der Waals surface area contributed by atoms with E-state index in [0.717, 1.165) is 36.0 Å². The molecule has 0 atom stereocenters. The topological polar surface area (TPSA) is 65.7 Å². The first-order valence-corrected chi connectivity index (χ1v) is 8.85. The van der Waals surface area contributed by atoms with Gasteiger partial charge < -0.3 is 24.3 Å². The molecule has 7 heteroatoms. The number of hydrogen-bond acceptors (Lipinski definition) is 5. The Morgan fingerprint density at radius 2 is 1.69 bits per heavy atom. The molecule has 5 nitrogen and oxygen atoms in total. The molecule has 0 bridgehead atoms. The molecular weight excluding hydrogens is 240 g/mol. The fourth-order valence-corrected chi connectivity index (χ4v) is 2.44. The molecule has 0 aliphatic heterocycles. The Bertz CT molecular complexity index is 138. The quantitative estimate of drug-likeness (QED) is 0.446. The van der Waals surface area contributed by atoms with Gasteiger partial charge in [0, 0.05) is 34.4 Å². The van der Waals surface area contributed by atoms with Gasteiger partial charge in [-0.25, -0.2) is 0 Å². The Kier molecular flexibility index (Phi) is 15.5. The van der Waals surface area contributed by atoms with E-state index in [4.69, 9.17) is 14.6 Å². The lowest BCUT2D eigenvalue weighted by atomic mass is 10.5. The zero-order valence-corrected chi connectivity index (χ0v) is 14.3. The Hall–Kier alpha value is 0.234. The third-order valence-electron chi connectivity index (χ3n) is 2.17. The van der Waals surface area contributed by atoms with Crippen molar-refractivity contribution in [2.45, 2.75) is 19.0 Å². The number of hydrogen-bond donors (Lipinski definition) is 2. The van der Waals surface area contributed by atoms with Gasteiger partial charge in [-0.05, 0) is 25.6 Å². The van der Waals surface area contributed by atoms with E-state index in [2.05, 4.69) is 16.3 Å². The summed E-state index contributed by atoms with van der Waals surface area (Å²) in [6.45, 7) is 4.66. The highest BCUT2D eigenvalue weighted by atomic mass is 28.4. The van der Waals surface area contributed by atoms with Gasteiger partial charge in [-0.3, -0.25) is 0 Å². The first-order valence-electron chi connectivity index (χ1n) is 5.51. The van der Waals surface area contributed by atoms with Crippen molar-refractivity contribution in [1.29, 1.82) is 0 Å². The third kappa shape index (κ3) is 12.3. The molecule has 0 fully saturated rings. The monoisotopic (exact) mass is 268 g/mol. The van der Waals surface area contributed by atoms with Gasteiger partial charge in [0.2, 0.25) is 0 Å². The Balaban J connectivity index is 0. The van der Waals surface area contributed by atoms with Gasteiger partial charge in [-0.15, -0.1) is 0 Å². The maximum absolute atomic E-state index is 5.36. The van der Waals surface area contributed by atoms with Crippen LogP contribution >= 0.6 is 0 Å². The van der Waals surface area contributed by atoms with E-state index in [1.54, 1.807) is 21.3 Å². The van der Waals surface area contributed by atoms with Crippen LogP contribution in [0.1, 0.15) is 6.42 Å². The summed E-state index contributed by atoms with van der Waals surface area (Å²) in [7, 11) is 4.18. The molecule has 0 heterocycles. The highest BCUT2D eigenvalue weighted by Crippen LogP contribution is 2.12. The SMILES string of the molecule is CO[SiH3].CO[Si](C)(CCCNCCN)OC. The lowest BCUT2D eigenvalue weighted by Gasteiger charge is -2.22. The smallest absolute Gasteiger partial charge is 0.334 e. The van der Waals surface area contributed by atoms with Gasteiger partial charge in [0.05, 0.1) is 0 Å². The molecule has 0 aromatic heterocycles. The van der Waals surface area contributed by atoms with Crippen LogP contribution in [0.4, 0.5) is 0 Å². The van der Waals surface area contributed by atoms with E-state index in [1.807, 2.05) is 0 Å². The first-order chi connectivity index (χ1) is 7.60. The van der Waals surface area contributed by atoms with Crippen molar-refractivity contribution < 1.29 is 13.3 Å². The Morgan fingerprint density at radius 1 is 1.19 bits per heavy atom. The molecule has 0 spiro atoms.